The molecule has 0 aromatic heterocycles. The van der Waals surface area contributed by atoms with Gasteiger partial charge in [-0.25, -0.2) is 12.8 Å². The van der Waals surface area contributed by atoms with Gasteiger partial charge in [0.1, 0.15) is 11.9 Å². The van der Waals surface area contributed by atoms with Gasteiger partial charge < -0.3 is 4.74 Å². The van der Waals surface area contributed by atoms with E-state index in [2.05, 4.69) is 0 Å². The van der Waals surface area contributed by atoms with Crippen LogP contribution in [0, 0.1) is 0 Å². The van der Waals surface area contributed by atoms with E-state index in [-0.39, 0.29) is 18.0 Å². The molecule has 0 amide bonds. The van der Waals surface area contributed by atoms with Crippen LogP contribution in [-0.4, -0.2) is 39.1 Å². The van der Waals surface area contributed by atoms with E-state index in [1.165, 1.54) is 23.5 Å². The van der Waals surface area contributed by atoms with E-state index in [1.807, 2.05) is 60.7 Å². The molecule has 3 aromatic rings. The van der Waals surface area contributed by atoms with Crippen LogP contribution >= 0.6 is 0 Å². The Labute approximate surface area is 183 Å². The quantitative estimate of drug-likeness (QED) is 0.574. The highest BCUT2D eigenvalue weighted by molar-refractivity contribution is 7.89. The van der Waals surface area contributed by atoms with Gasteiger partial charge in [0.15, 0.2) is 0 Å². The van der Waals surface area contributed by atoms with Crippen LogP contribution < -0.4 is 4.74 Å². The van der Waals surface area contributed by atoms with Gasteiger partial charge in [-0.1, -0.05) is 60.7 Å². The SMILES string of the molecule is COc1ccc(S(=O)(=O)N2CC(F)CCC(c3ccccc3)(c3ccccc3)C2)cc1. The second-order valence-corrected chi connectivity index (χ2v) is 9.86. The van der Waals surface area contributed by atoms with Crippen molar-refractivity contribution in [3.63, 3.8) is 0 Å². The average Bonchev–Trinajstić information content (AvgIpc) is 3.00. The summed E-state index contributed by atoms with van der Waals surface area (Å²) in [6.07, 6.45) is -0.419. The largest absolute Gasteiger partial charge is 0.497 e. The third kappa shape index (κ3) is 4.23. The Kier molecular flexibility index (Phi) is 6.12. The summed E-state index contributed by atoms with van der Waals surface area (Å²) in [6, 6.07) is 25.9. The second kappa shape index (κ2) is 8.81. The van der Waals surface area contributed by atoms with Crippen molar-refractivity contribution < 1.29 is 17.5 Å². The normalized spacial score (nSPS) is 19.5. The topological polar surface area (TPSA) is 46.6 Å². The monoisotopic (exact) mass is 439 g/mol. The zero-order valence-corrected chi connectivity index (χ0v) is 18.3. The minimum atomic E-state index is -3.89. The number of benzene rings is 3. The summed E-state index contributed by atoms with van der Waals surface area (Å²) in [5.41, 5.74) is 1.35. The van der Waals surface area contributed by atoms with Gasteiger partial charge in [-0.2, -0.15) is 4.31 Å². The lowest BCUT2D eigenvalue weighted by atomic mass is 9.71. The van der Waals surface area contributed by atoms with E-state index in [4.69, 9.17) is 4.74 Å². The smallest absolute Gasteiger partial charge is 0.243 e. The maximum atomic E-state index is 14.9. The third-order valence-electron chi connectivity index (χ3n) is 6.08. The van der Waals surface area contributed by atoms with Gasteiger partial charge in [-0.05, 0) is 48.2 Å². The molecule has 1 unspecified atom stereocenters. The first-order chi connectivity index (χ1) is 15.0. The maximum absolute atomic E-state index is 14.9. The first-order valence-electron chi connectivity index (χ1n) is 10.3. The van der Waals surface area contributed by atoms with Crippen LogP contribution in [0.3, 0.4) is 0 Å². The highest BCUT2D eigenvalue weighted by atomic mass is 32.2. The standard InChI is InChI=1S/C25H26FNO3S/c1-30-23-12-14-24(15-13-23)31(28,29)27-18-22(26)16-17-25(19-27,20-8-4-2-5-9-20)21-10-6-3-7-11-21/h2-15,22H,16-19H2,1H3. The van der Waals surface area contributed by atoms with Gasteiger partial charge in [0, 0.05) is 18.5 Å². The Morgan fingerprint density at radius 3 is 1.97 bits per heavy atom. The summed E-state index contributed by atoms with van der Waals surface area (Å²) in [6.45, 7) is 0.0194. The average molecular weight is 440 g/mol. The lowest BCUT2D eigenvalue weighted by Gasteiger charge is -2.37. The molecule has 1 saturated heterocycles. The number of hydrogen-bond donors (Lipinski definition) is 0. The molecule has 0 bridgehead atoms. The molecule has 4 rings (SSSR count). The van der Waals surface area contributed by atoms with Gasteiger partial charge in [0.25, 0.3) is 0 Å². The minimum absolute atomic E-state index is 0.137. The molecule has 0 N–H and O–H groups in total. The number of methoxy groups -OCH3 is 1. The Balaban J connectivity index is 1.82. The number of halogens is 1. The molecule has 1 atom stereocenters. The summed E-state index contributed by atoms with van der Waals surface area (Å²) in [7, 11) is -2.36. The van der Waals surface area contributed by atoms with Gasteiger partial charge in [0.05, 0.1) is 12.0 Å². The predicted octanol–water partition coefficient (Wildman–Crippen LogP) is 4.80. The van der Waals surface area contributed by atoms with Crippen molar-refractivity contribution in [2.24, 2.45) is 0 Å². The maximum Gasteiger partial charge on any atom is 0.243 e. The van der Waals surface area contributed by atoms with Crippen molar-refractivity contribution in [3.05, 3.63) is 96.1 Å². The van der Waals surface area contributed by atoms with E-state index < -0.39 is 21.6 Å². The number of hydrogen-bond acceptors (Lipinski definition) is 3. The van der Waals surface area contributed by atoms with Crippen molar-refractivity contribution in [1.29, 1.82) is 0 Å². The van der Waals surface area contributed by atoms with Gasteiger partial charge >= 0.3 is 0 Å². The summed E-state index contributed by atoms with van der Waals surface area (Å²) in [5.74, 6) is 0.570. The van der Waals surface area contributed by atoms with Crippen molar-refractivity contribution >= 4 is 10.0 Å². The van der Waals surface area contributed by atoms with Crippen LogP contribution in [0.2, 0.25) is 0 Å². The van der Waals surface area contributed by atoms with Gasteiger partial charge in [0.2, 0.25) is 10.0 Å². The lowest BCUT2D eigenvalue weighted by molar-refractivity contribution is 0.271. The molecule has 1 fully saturated rings. The van der Waals surface area contributed by atoms with E-state index in [1.54, 1.807) is 12.1 Å². The highest BCUT2D eigenvalue weighted by Gasteiger charge is 2.43. The van der Waals surface area contributed by atoms with E-state index in [0.29, 0.717) is 18.6 Å². The predicted molar refractivity (Wildman–Crippen MR) is 120 cm³/mol. The minimum Gasteiger partial charge on any atom is -0.497 e. The molecule has 0 spiro atoms. The second-order valence-electron chi connectivity index (χ2n) is 7.92. The molecule has 1 aliphatic heterocycles. The molecule has 4 nitrogen and oxygen atoms in total. The fraction of sp³-hybridized carbons (Fsp3) is 0.280. The van der Waals surface area contributed by atoms with Crippen molar-refractivity contribution in [1.82, 2.24) is 4.31 Å². The van der Waals surface area contributed by atoms with Crippen molar-refractivity contribution in [2.75, 3.05) is 20.2 Å². The first-order valence-corrected chi connectivity index (χ1v) is 11.8. The fourth-order valence-electron chi connectivity index (χ4n) is 4.39. The zero-order valence-electron chi connectivity index (χ0n) is 17.4. The highest BCUT2D eigenvalue weighted by Crippen LogP contribution is 2.41. The number of nitrogens with zero attached hydrogens (tertiary/aromatic N) is 1. The van der Waals surface area contributed by atoms with E-state index in [0.717, 1.165) is 11.1 Å². The number of alkyl halides is 1. The van der Waals surface area contributed by atoms with E-state index >= 15 is 0 Å². The molecule has 1 aliphatic rings. The molecular formula is C25H26FNO3S. The Hall–Kier alpha value is -2.70. The number of rotatable bonds is 5. The molecule has 3 aromatic carbocycles. The summed E-state index contributed by atoms with van der Waals surface area (Å²) in [5, 5.41) is 0. The van der Waals surface area contributed by atoms with Crippen LogP contribution in [0.15, 0.2) is 89.8 Å². The van der Waals surface area contributed by atoms with Gasteiger partial charge in [-0.3, -0.25) is 0 Å². The van der Waals surface area contributed by atoms with Gasteiger partial charge in [-0.15, -0.1) is 0 Å². The number of sulfonamides is 1. The molecule has 6 heteroatoms. The van der Waals surface area contributed by atoms with Crippen molar-refractivity contribution in [3.8, 4) is 5.75 Å². The summed E-state index contributed by atoms with van der Waals surface area (Å²) < 4.78 is 48.5. The third-order valence-corrected chi connectivity index (χ3v) is 7.91. The number of ether oxygens (including phenoxy) is 1. The Bertz CT molecular complexity index is 1060. The van der Waals surface area contributed by atoms with Crippen LogP contribution in [0.4, 0.5) is 4.39 Å². The van der Waals surface area contributed by atoms with Crippen LogP contribution in [0.25, 0.3) is 0 Å². The molecule has 162 valence electrons. The van der Waals surface area contributed by atoms with E-state index in [9.17, 15) is 12.8 Å². The summed E-state index contributed by atoms with van der Waals surface area (Å²) >= 11 is 0. The molecule has 0 saturated carbocycles. The molecule has 31 heavy (non-hydrogen) atoms. The molecule has 0 aliphatic carbocycles. The first kappa shape index (κ1) is 21.5. The lowest BCUT2D eigenvalue weighted by Crippen LogP contribution is -2.44. The molecular weight excluding hydrogens is 413 g/mol. The van der Waals surface area contributed by atoms with Crippen LogP contribution in [0.1, 0.15) is 24.0 Å². The van der Waals surface area contributed by atoms with Crippen molar-refractivity contribution in [2.45, 2.75) is 29.3 Å². The van der Waals surface area contributed by atoms with Crippen LogP contribution in [0.5, 0.6) is 5.75 Å². The Morgan fingerprint density at radius 1 is 0.903 bits per heavy atom. The zero-order chi connectivity index (χ0) is 21.9. The molecule has 0 radical (unpaired) electrons. The summed E-state index contributed by atoms with van der Waals surface area (Å²) in [4.78, 5) is 0.137. The van der Waals surface area contributed by atoms with Crippen LogP contribution in [-0.2, 0) is 15.4 Å². The fourth-order valence-corrected chi connectivity index (χ4v) is 5.92. The Morgan fingerprint density at radius 2 is 1.45 bits per heavy atom. The molecule has 1 heterocycles.